The van der Waals surface area contributed by atoms with E-state index in [4.69, 9.17) is 34.3 Å². The molecule has 0 radical (unpaired) electrons. The van der Waals surface area contributed by atoms with Crippen LogP contribution in [0.1, 0.15) is 228 Å². The summed E-state index contributed by atoms with van der Waals surface area (Å²) in [4.78, 5) is 86.5. The number of nitrogens with zero attached hydrogens (tertiary/aromatic N) is 4. The standard InChI is InChI=1S/C37H20N4.C15H25NO6.C12H25NO2.C6H12O2.3C5H10O2.C2H6/c1-2-10-22-21(9-1)29-17-31-23-11-3-4-12-24(23)33-19-35-27-15-7-8-16-28(27)36-20-34-26-14-6-5-13-25(26)32-18-30(22)38(29)37(39(31)33,40(32)34)41(35)36;1-6-15(4,5)13(18)21-9-10-22-14(19)16-7-8-20-12(17)11(2)3;1-6-12(4,5)11(14)15-10-9-13(7-2)8-3;1-4-6(2,3)5(7)8;3*1-2-3-4-5(6)7;1-2/h1-20H;2,6-10H2,1,3-5H3,(H,16,19);6-10H2,1-5H3;4H2,1-3H3,(H,7,8);3*2-4H2,1H3,(H,6,7);1-2H3/q+2;;;;;;;. The second kappa shape index (κ2) is 41.4. The van der Waals surface area contributed by atoms with Gasteiger partial charge in [-0.15, -0.1) is 0 Å². The van der Waals surface area contributed by atoms with E-state index in [1.165, 1.54) is 101 Å². The third kappa shape index (κ3) is 21.4. The van der Waals surface area contributed by atoms with E-state index >= 15 is 0 Å². The fourth-order valence-corrected chi connectivity index (χ4v) is 12.2. The van der Waals surface area contributed by atoms with Crippen molar-refractivity contribution in [3.05, 3.63) is 154 Å². The summed E-state index contributed by atoms with van der Waals surface area (Å²) >= 11 is 0. The molecule has 6 aliphatic heterocycles. The van der Waals surface area contributed by atoms with E-state index in [0.717, 1.165) is 64.6 Å². The first kappa shape index (κ1) is 89.4. The molecule has 0 aliphatic carbocycles. The first-order valence-corrected chi connectivity index (χ1v) is 38.6. The smallest absolute Gasteiger partial charge is 0.550 e. The number of hydrogen-bond donors (Lipinski definition) is 5. The number of carboxylic acid groups (broad SMARTS) is 4. The fourth-order valence-electron chi connectivity index (χ4n) is 12.2. The minimum absolute atomic E-state index is 0.000325. The van der Waals surface area contributed by atoms with Crippen LogP contribution in [-0.2, 0) is 58.4 Å². The zero-order valence-corrected chi connectivity index (χ0v) is 67.3. The molecule has 22 nitrogen and oxygen atoms in total. The molecule has 22 heteroatoms. The van der Waals surface area contributed by atoms with Crippen LogP contribution < -0.4 is 26.0 Å². The minimum atomic E-state index is -0.943. The van der Waals surface area contributed by atoms with Crippen molar-refractivity contribution in [3.8, 4) is 0 Å². The number of benzene rings is 4. The third-order valence-corrected chi connectivity index (χ3v) is 19.9. The Balaban J connectivity index is 0.000000266. The lowest BCUT2D eigenvalue weighted by molar-refractivity contribution is -0.896. The molecule has 4 aromatic carbocycles. The predicted octanol–water partition coefficient (Wildman–Crippen LogP) is 12.6. The van der Waals surface area contributed by atoms with Crippen LogP contribution in [0.25, 0.3) is 57.2 Å². The van der Waals surface area contributed by atoms with Crippen LogP contribution in [0.4, 0.5) is 4.79 Å². The number of unbranched alkanes of at least 4 members (excludes halogenated alkanes) is 3. The molecule has 2 aromatic heterocycles. The number of hydrogen-bond acceptors (Lipinski definition) is 13. The molecule has 1 amide bonds. The molecule has 6 aromatic rings. The van der Waals surface area contributed by atoms with Gasteiger partial charge in [0.2, 0.25) is 22.8 Å². The van der Waals surface area contributed by atoms with Gasteiger partial charge in [0.1, 0.15) is 33.0 Å². The Labute approximate surface area is 642 Å². The number of quaternary nitrogens is 1. The molecule has 0 bridgehead atoms. The lowest BCUT2D eigenvalue weighted by Crippen LogP contribution is -3.11. The Morgan fingerprint density at radius 3 is 1.24 bits per heavy atom. The summed E-state index contributed by atoms with van der Waals surface area (Å²) in [6, 6.07) is 35.8. The molecule has 0 saturated carbocycles. The molecule has 8 heterocycles. The number of alkyl carbamates (subject to hydrolysis) is 1. The van der Waals surface area contributed by atoms with E-state index in [2.05, 4.69) is 165 Å². The lowest BCUT2D eigenvalue weighted by atomic mass is 9.91. The van der Waals surface area contributed by atoms with Gasteiger partial charge in [0, 0.05) is 70.2 Å². The van der Waals surface area contributed by atoms with Crippen LogP contribution in [0.5, 0.6) is 0 Å². The molecular weight excluding hydrogens is 1380 g/mol. The van der Waals surface area contributed by atoms with E-state index in [0.29, 0.717) is 37.9 Å². The van der Waals surface area contributed by atoms with Crippen LogP contribution in [0.15, 0.2) is 109 Å². The number of aliphatic carboxylic acids is 4. The molecule has 590 valence electrons. The van der Waals surface area contributed by atoms with Gasteiger partial charge >= 0.3 is 47.8 Å². The predicted molar refractivity (Wildman–Crippen MR) is 427 cm³/mol. The van der Waals surface area contributed by atoms with Gasteiger partial charge in [0.05, 0.1) is 80.2 Å². The topological polar surface area (TPSA) is 290 Å². The van der Waals surface area contributed by atoms with Gasteiger partial charge in [-0.1, -0.05) is 163 Å². The summed E-state index contributed by atoms with van der Waals surface area (Å²) in [7, 11) is 0. The van der Waals surface area contributed by atoms with E-state index < -0.39 is 52.7 Å². The Kier molecular flexibility index (Phi) is 33.9. The quantitative estimate of drug-likeness (QED) is 0.0105. The van der Waals surface area contributed by atoms with E-state index in [9.17, 15) is 43.5 Å². The number of carbonyl (C=O) groups is 8. The first-order chi connectivity index (χ1) is 51.8. The molecular formula is C87H118N6O16+2. The van der Waals surface area contributed by atoms with Crippen molar-refractivity contribution in [2.24, 2.45) is 16.2 Å². The van der Waals surface area contributed by atoms with Gasteiger partial charge in [-0.05, 0) is 132 Å². The SMILES string of the molecule is C1=C2c3ccccc3C3=[N+]2C24n5c1c1ccccc1c5C=C1c5ccccc5C(=[N+]12)C=c1c2ccccc2c(n14)=C3.C=C(C)C(=O)OCCNC(=O)OCCOC(=O)C(C)(C)CC.CC.CCC(C)(C)C(=O)O.CCCCC(=O)O.CCCCC(=O)O.CCCCC(=O)[O-].CC[NH+](CC)CCOC(=O)C(C)(C)CC. The third-order valence-electron chi connectivity index (χ3n) is 19.9. The number of ether oxygens (including phenoxy) is 4. The largest absolute Gasteiger partial charge is 0.553 e. The van der Waals surface area contributed by atoms with Crippen LogP contribution in [0.3, 0.4) is 0 Å². The molecule has 6 aliphatic rings. The number of aromatic nitrogens is 2. The average Bonchev–Trinajstić information content (AvgIpc) is 1.48. The van der Waals surface area contributed by atoms with E-state index in [-0.39, 0.29) is 50.1 Å². The Morgan fingerprint density at radius 2 is 0.890 bits per heavy atom. The second-order valence-corrected chi connectivity index (χ2v) is 28.7. The monoisotopic (exact) mass is 1500 g/mol. The average molecular weight is 1500 g/mol. The number of likely N-dealkylation sites (N-methyl/N-ethyl adjacent to an activating group) is 1. The molecule has 1 spiro atoms. The van der Waals surface area contributed by atoms with Crippen molar-refractivity contribution in [3.63, 3.8) is 0 Å². The molecule has 109 heavy (non-hydrogen) atoms. The number of nitrogens with one attached hydrogen (secondary N) is 2. The van der Waals surface area contributed by atoms with Gasteiger partial charge < -0.3 is 54.4 Å². The van der Waals surface area contributed by atoms with Gasteiger partial charge in [0.25, 0.3) is 0 Å². The number of fused-ring (bicyclic) bond motifs is 12. The van der Waals surface area contributed by atoms with Gasteiger partial charge in [-0.2, -0.15) is 9.13 Å². The second-order valence-electron chi connectivity index (χ2n) is 28.7. The molecule has 0 fully saturated rings. The Morgan fingerprint density at radius 1 is 0.505 bits per heavy atom. The zero-order chi connectivity index (χ0) is 81.1. The van der Waals surface area contributed by atoms with Gasteiger partial charge in [-0.3, -0.25) is 24.0 Å². The maximum Gasteiger partial charge on any atom is 0.553 e. The van der Waals surface area contributed by atoms with Crippen molar-refractivity contribution < 1.29 is 91.8 Å². The maximum atomic E-state index is 11.6. The van der Waals surface area contributed by atoms with E-state index in [1.807, 2.05) is 69.2 Å². The Bertz CT molecular complexity index is 4300. The molecule has 5 N–H and O–H groups in total. The van der Waals surface area contributed by atoms with Crippen LogP contribution >= 0.6 is 0 Å². The number of carbonyl (C=O) groups excluding carboxylic acids is 5. The van der Waals surface area contributed by atoms with Crippen LogP contribution in [0, 0.1) is 16.2 Å². The summed E-state index contributed by atoms with van der Waals surface area (Å²) in [6.07, 6.45) is 17.3. The highest BCUT2D eigenvalue weighted by Gasteiger charge is 2.72. The lowest BCUT2D eigenvalue weighted by Gasteiger charge is -2.37. The summed E-state index contributed by atoms with van der Waals surface area (Å²) in [5, 5.41) is 44.3. The summed E-state index contributed by atoms with van der Waals surface area (Å²) < 4.78 is 30.4. The Hall–Kier alpha value is -10.2. The first-order valence-electron chi connectivity index (χ1n) is 38.6. The molecule has 0 atom stereocenters. The highest BCUT2D eigenvalue weighted by molar-refractivity contribution is 6.27. The van der Waals surface area contributed by atoms with Crippen LogP contribution in [-0.4, -0.2) is 146 Å². The number of rotatable bonds is 27. The van der Waals surface area contributed by atoms with Crippen molar-refractivity contribution in [2.45, 2.75) is 201 Å². The fraction of sp³-hybridized carbons (Fsp3) is 0.471. The van der Waals surface area contributed by atoms with Crippen LogP contribution in [0.2, 0.25) is 0 Å². The normalized spacial score (nSPS) is 13.3. The molecule has 0 unspecified atom stereocenters. The van der Waals surface area contributed by atoms with E-state index in [1.54, 1.807) is 27.7 Å². The number of amides is 1. The van der Waals surface area contributed by atoms with Crippen molar-refractivity contribution in [1.82, 2.24) is 14.5 Å². The number of esters is 3. The number of carboxylic acids is 4. The molecule has 12 rings (SSSR count). The molecule has 0 saturated heterocycles. The van der Waals surface area contributed by atoms with Crippen molar-refractivity contribution >= 4 is 117 Å². The summed E-state index contributed by atoms with van der Waals surface area (Å²) in [5.41, 5.74) is 11.7. The minimum Gasteiger partial charge on any atom is -0.550 e. The van der Waals surface area contributed by atoms with Gasteiger partial charge in [0.15, 0.2) is 0 Å². The maximum absolute atomic E-state index is 11.6. The van der Waals surface area contributed by atoms with Gasteiger partial charge in [-0.25, -0.2) is 9.59 Å². The summed E-state index contributed by atoms with van der Waals surface area (Å²) in [5.74, 6) is -4.64. The highest BCUT2D eigenvalue weighted by Crippen LogP contribution is 2.53. The van der Waals surface area contributed by atoms with Crippen molar-refractivity contribution in [2.75, 3.05) is 52.6 Å². The summed E-state index contributed by atoms with van der Waals surface area (Å²) in [6.45, 7) is 39.6. The highest BCUT2D eigenvalue weighted by atomic mass is 16.6. The van der Waals surface area contributed by atoms with Crippen molar-refractivity contribution in [1.29, 1.82) is 0 Å². The zero-order valence-electron chi connectivity index (χ0n) is 67.3.